The zero-order chi connectivity index (χ0) is 7.23. The zero-order valence-electron chi connectivity index (χ0n) is 5.66. The standard InChI is InChI=1S/C8H10O2/c9-5-2-1-3-8-4-6-10-7-8/h1,3-4,6-7,9H,2,5H2. The van der Waals surface area contributed by atoms with Crippen LogP contribution in [0.25, 0.3) is 6.08 Å². The molecule has 54 valence electrons. The molecule has 1 rings (SSSR count). The summed E-state index contributed by atoms with van der Waals surface area (Å²) in [6, 6.07) is 1.87. The Kier molecular flexibility index (Phi) is 2.77. The highest BCUT2D eigenvalue weighted by molar-refractivity contribution is 5.46. The monoisotopic (exact) mass is 138 g/mol. The first-order valence-corrected chi connectivity index (χ1v) is 3.23. The molecule has 0 amide bonds. The van der Waals surface area contributed by atoms with Crippen LogP contribution in [0.1, 0.15) is 12.0 Å². The summed E-state index contributed by atoms with van der Waals surface area (Å²) in [5, 5.41) is 8.42. The quantitative estimate of drug-likeness (QED) is 0.689. The molecular weight excluding hydrogens is 128 g/mol. The van der Waals surface area contributed by atoms with Crippen LogP contribution in [0.2, 0.25) is 0 Å². The van der Waals surface area contributed by atoms with Crippen molar-refractivity contribution in [2.24, 2.45) is 0 Å². The van der Waals surface area contributed by atoms with Crippen molar-refractivity contribution in [3.05, 3.63) is 30.2 Å². The van der Waals surface area contributed by atoms with Crippen LogP contribution < -0.4 is 0 Å². The van der Waals surface area contributed by atoms with Gasteiger partial charge in [0.1, 0.15) is 0 Å². The van der Waals surface area contributed by atoms with E-state index >= 15 is 0 Å². The Morgan fingerprint density at radius 2 is 2.50 bits per heavy atom. The Morgan fingerprint density at radius 1 is 1.60 bits per heavy atom. The van der Waals surface area contributed by atoms with Crippen molar-refractivity contribution in [3.63, 3.8) is 0 Å². The smallest absolute Gasteiger partial charge is 0.0974 e. The number of rotatable bonds is 3. The van der Waals surface area contributed by atoms with Crippen LogP contribution in [0.5, 0.6) is 0 Å². The number of hydrogen-bond donors (Lipinski definition) is 1. The van der Waals surface area contributed by atoms with Crippen LogP contribution in [-0.4, -0.2) is 11.7 Å². The third kappa shape index (κ3) is 2.07. The molecule has 1 aromatic heterocycles. The van der Waals surface area contributed by atoms with Crippen molar-refractivity contribution in [1.29, 1.82) is 0 Å². The number of hydrogen-bond acceptors (Lipinski definition) is 2. The van der Waals surface area contributed by atoms with E-state index in [1.165, 1.54) is 0 Å². The second-order valence-corrected chi connectivity index (χ2v) is 1.97. The van der Waals surface area contributed by atoms with Gasteiger partial charge in [0.25, 0.3) is 0 Å². The average molecular weight is 138 g/mol. The maximum absolute atomic E-state index is 8.42. The fourth-order valence-corrected chi connectivity index (χ4v) is 0.664. The fourth-order valence-electron chi connectivity index (χ4n) is 0.664. The molecule has 2 nitrogen and oxygen atoms in total. The largest absolute Gasteiger partial charge is 0.472 e. The molecule has 0 unspecified atom stereocenters. The maximum atomic E-state index is 8.42. The summed E-state index contributed by atoms with van der Waals surface area (Å²) in [7, 11) is 0. The molecule has 0 saturated carbocycles. The van der Waals surface area contributed by atoms with E-state index in [0.29, 0.717) is 6.42 Å². The van der Waals surface area contributed by atoms with Gasteiger partial charge in [-0.3, -0.25) is 0 Å². The van der Waals surface area contributed by atoms with E-state index in [0.717, 1.165) is 5.56 Å². The van der Waals surface area contributed by atoms with Gasteiger partial charge in [-0.2, -0.15) is 0 Å². The Hall–Kier alpha value is -1.02. The Morgan fingerprint density at radius 3 is 3.10 bits per heavy atom. The van der Waals surface area contributed by atoms with Gasteiger partial charge in [-0.15, -0.1) is 0 Å². The maximum Gasteiger partial charge on any atom is 0.0974 e. The summed E-state index contributed by atoms with van der Waals surface area (Å²) in [5.74, 6) is 0. The molecule has 0 atom stereocenters. The summed E-state index contributed by atoms with van der Waals surface area (Å²) >= 11 is 0. The van der Waals surface area contributed by atoms with Crippen molar-refractivity contribution >= 4 is 6.08 Å². The molecule has 0 spiro atoms. The van der Waals surface area contributed by atoms with Gasteiger partial charge in [0.15, 0.2) is 0 Å². The van der Waals surface area contributed by atoms with Gasteiger partial charge >= 0.3 is 0 Å². The summed E-state index contributed by atoms with van der Waals surface area (Å²) in [6.45, 7) is 0.203. The van der Waals surface area contributed by atoms with Gasteiger partial charge in [0, 0.05) is 12.2 Å². The first-order valence-electron chi connectivity index (χ1n) is 3.23. The lowest BCUT2D eigenvalue weighted by atomic mass is 10.3. The summed E-state index contributed by atoms with van der Waals surface area (Å²) in [6.07, 6.45) is 7.81. The van der Waals surface area contributed by atoms with Crippen LogP contribution in [0.4, 0.5) is 0 Å². The van der Waals surface area contributed by atoms with Crippen molar-refractivity contribution in [2.75, 3.05) is 6.61 Å². The van der Waals surface area contributed by atoms with Crippen LogP contribution in [0, 0.1) is 0 Å². The topological polar surface area (TPSA) is 33.4 Å². The summed E-state index contributed by atoms with van der Waals surface area (Å²) in [5.41, 5.74) is 1.04. The molecule has 0 aromatic carbocycles. The van der Waals surface area contributed by atoms with Crippen molar-refractivity contribution in [1.82, 2.24) is 0 Å². The average Bonchev–Trinajstić information content (AvgIpc) is 2.41. The van der Waals surface area contributed by atoms with E-state index in [1.54, 1.807) is 12.5 Å². The molecule has 0 fully saturated rings. The van der Waals surface area contributed by atoms with E-state index in [2.05, 4.69) is 0 Å². The predicted octanol–water partition coefficient (Wildman–Crippen LogP) is 1.68. The molecule has 10 heavy (non-hydrogen) atoms. The normalized spacial score (nSPS) is 10.9. The van der Waals surface area contributed by atoms with Crippen LogP contribution in [-0.2, 0) is 0 Å². The lowest BCUT2D eigenvalue weighted by Gasteiger charge is -1.82. The van der Waals surface area contributed by atoms with Crippen LogP contribution in [0.15, 0.2) is 29.1 Å². The molecule has 0 radical (unpaired) electrons. The first-order chi connectivity index (χ1) is 4.93. The molecule has 1 N–H and O–H groups in total. The van der Waals surface area contributed by atoms with Gasteiger partial charge in [-0.05, 0) is 12.5 Å². The number of aliphatic hydroxyl groups excluding tert-OH is 1. The molecule has 1 heterocycles. The highest BCUT2D eigenvalue weighted by atomic mass is 16.3. The minimum absolute atomic E-state index is 0.203. The SMILES string of the molecule is OCCC=Cc1ccoc1. The molecular formula is C8H10O2. The molecule has 1 aromatic rings. The second-order valence-electron chi connectivity index (χ2n) is 1.97. The molecule has 0 aliphatic heterocycles. The molecule has 0 aliphatic rings. The third-order valence-corrected chi connectivity index (χ3v) is 1.15. The van der Waals surface area contributed by atoms with Gasteiger partial charge < -0.3 is 9.52 Å². The Bertz CT molecular complexity index is 187. The number of furan rings is 1. The number of aliphatic hydroxyl groups is 1. The third-order valence-electron chi connectivity index (χ3n) is 1.15. The summed E-state index contributed by atoms with van der Waals surface area (Å²) < 4.78 is 4.83. The van der Waals surface area contributed by atoms with E-state index in [1.807, 2.05) is 18.2 Å². The van der Waals surface area contributed by atoms with Gasteiger partial charge in [0.05, 0.1) is 12.5 Å². The minimum Gasteiger partial charge on any atom is -0.472 e. The summed E-state index contributed by atoms with van der Waals surface area (Å²) in [4.78, 5) is 0. The van der Waals surface area contributed by atoms with Crippen molar-refractivity contribution < 1.29 is 9.52 Å². The van der Waals surface area contributed by atoms with Crippen molar-refractivity contribution in [2.45, 2.75) is 6.42 Å². The van der Waals surface area contributed by atoms with E-state index in [9.17, 15) is 0 Å². The van der Waals surface area contributed by atoms with Crippen LogP contribution >= 0.6 is 0 Å². The van der Waals surface area contributed by atoms with Crippen molar-refractivity contribution in [3.8, 4) is 0 Å². The van der Waals surface area contributed by atoms with Gasteiger partial charge in [-0.25, -0.2) is 0 Å². The van der Waals surface area contributed by atoms with Gasteiger partial charge in [0.2, 0.25) is 0 Å². The lowest BCUT2D eigenvalue weighted by molar-refractivity contribution is 0.303. The lowest BCUT2D eigenvalue weighted by Crippen LogP contribution is -1.74. The second kappa shape index (κ2) is 3.90. The highest BCUT2D eigenvalue weighted by Gasteiger charge is 1.83. The van der Waals surface area contributed by atoms with E-state index in [-0.39, 0.29) is 6.61 Å². The Labute approximate surface area is 59.8 Å². The van der Waals surface area contributed by atoms with Gasteiger partial charge in [-0.1, -0.05) is 12.2 Å². The Balaban J connectivity index is 2.40. The van der Waals surface area contributed by atoms with E-state index < -0.39 is 0 Å². The van der Waals surface area contributed by atoms with Crippen LogP contribution in [0.3, 0.4) is 0 Å². The molecule has 0 aliphatic carbocycles. The first kappa shape index (κ1) is 7.09. The molecule has 2 heteroatoms. The minimum atomic E-state index is 0.203. The van der Waals surface area contributed by atoms with E-state index in [4.69, 9.17) is 9.52 Å². The highest BCUT2D eigenvalue weighted by Crippen LogP contribution is 2.02. The molecule has 0 bridgehead atoms. The predicted molar refractivity (Wildman–Crippen MR) is 39.4 cm³/mol. The fraction of sp³-hybridized carbons (Fsp3) is 0.250. The molecule has 0 saturated heterocycles. The zero-order valence-corrected chi connectivity index (χ0v) is 5.66.